The van der Waals surface area contributed by atoms with Gasteiger partial charge < -0.3 is 25.7 Å². The molecule has 1 fully saturated rings. The molecule has 0 unspecified atom stereocenters. The summed E-state index contributed by atoms with van der Waals surface area (Å²) < 4.78 is 0. The molecule has 1 aromatic rings. The zero-order valence-electron chi connectivity index (χ0n) is 20.2. The zero-order valence-corrected chi connectivity index (χ0v) is 20.2. The van der Waals surface area contributed by atoms with Crippen LogP contribution >= 0.6 is 0 Å². The van der Waals surface area contributed by atoms with E-state index in [0.717, 1.165) is 11.1 Å². The molecule has 6 heteroatoms. The van der Waals surface area contributed by atoms with Gasteiger partial charge in [0.15, 0.2) is 0 Å². The average molecular weight is 468 g/mol. The van der Waals surface area contributed by atoms with E-state index in [9.17, 15) is 25.2 Å². The summed E-state index contributed by atoms with van der Waals surface area (Å²) in [6.07, 6.45) is 6.30. The molecule has 34 heavy (non-hydrogen) atoms. The normalized spacial score (nSPS) is 42.3. The van der Waals surface area contributed by atoms with E-state index in [-0.39, 0.29) is 24.5 Å². The highest BCUT2D eigenvalue weighted by molar-refractivity contribution is 5.89. The Hall–Kier alpha value is -2.25. The first-order chi connectivity index (χ1) is 16.1. The highest BCUT2D eigenvalue weighted by Gasteiger charge is 2.66. The van der Waals surface area contributed by atoms with Crippen LogP contribution in [-0.2, 0) is 11.2 Å². The van der Waals surface area contributed by atoms with Crippen molar-refractivity contribution >= 4 is 5.91 Å². The lowest BCUT2D eigenvalue weighted by molar-refractivity contribution is -0.142. The minimum Gasteiger partial charge on any atom is -0.392 e. The molecule has 1 saturated heterocycles. The van der Waals surface area contributed by atoms with E-state index in [0.29, 0.717) is 24.8 Å². The second kappa shape index (κ2) is 9.42. The number of benzene rings is 1. The lowest BCUT2D eigenvalue weighted by Gasteiger charge is -2.49. The summed E-state index contributed by atoms with van der Waals surface area (Å²) in [5, 5.41) is 47.2. The number of carbonyl (C=O) groups excluding carboxylic acids is 1. The van der Waals surface area contributed by atoms with Gasteiger partial charge in [0.05, 0.1) is 29.8 Å². The first kappa shape index (κ1) is 24.9. The van der Waals surface area contributed by atoms with E-state index in [1.165, 1.54) is 6.08 Å². The number of aliphatic hydroxyl groups excluding tert-OH is 3. The van der Waals surface area contributed by atoms with E-state index in [4.69, 9.17) is 0 Å². The predicted octanol–water partition coefficient (Wildman–Crippen LogP) is 2.28. The number of carbonyl (C=O) groups is 1. The van der Waals surface area contributed by atoms with Gasteiger partial charge in [-0.1, -0.05) is 67.1 Å². The summed E-state index contributed by atoms with van der Waals surface area (Å²) in [5.41, 5.74) is -0.192. The molecule has 0 saturated carbocycles. The topological polar surface area (TPSA) is 110 Å². The Labute approximate surface area is 201 Å². The van der Waals surface area contributed by atoms with Crippen molar-refractivity contribution in [2.75, 3.05) is 6.61 Å². The third-order valence-electron chi connectivity index (χ3n) is 8.09. The molecular formula is C28H37NO5. The van der Waals surface area contributed by atoms with Gasteiger partial charge in [-0.05, 0) is 50.2 Å². The molecule has 1 spiro atoms. The van der Waals surface area contributed by atoms with E-state index in [1.54, 1.807) is 13.0 Å². The maximum atomic E-state index is 13.8. The number of rotatable bonds is 3. The number of aliphatic hydroxyl groups is 4. The van der Waals surface area contributed by atoms with Crippen molar-refractivity contribution in [1.29, 1.82) is 0 Å². The molecule has 0 bridgehead atoms. The molecule has 1 heterocycles. The molecule has 3 aliphatic rings. The minimum absolute atomic E-state index is 0.163. The average Bonchev–Trinajstić information content (AvgIpc) is 3.06. The Bertz CT molecular complexity index is 997. The van der Waals surface area contributed by atoms with E-state index < -0.39 is 35.1 Å². The van der Waals surface area contributed by atoms with Crippen LogP contribution < -0.4 is 5.32 Å². The van der Waals surface area contributed by atoms with Crippen LogP contribution in [0.1, 0.15) is 39.2 Å². The van der Waals surface area contributed by atoms with Crippen LogP contribution in [0, 0.1) is 23.2 Å². The second-order valence-electron chi connectivity index (χ2n) is 10.7. The molecule has 0 aromatic heterocycles. The molecule has 1 amide bonds. The second-order valence-corrected chi connectivity index (χ2v) is 10.7. The quantitative estimate of drug-likeness (QED) is 0.438. The maximum absolute atomic E-state index is 13.8. The summed E-state index contributed by atoms with van der Waals surface area (Å²) in [6.45, 7) is 5.28. The van der Waals surface area contributed by atoms with Crippen molar-refractivity contribution in [2.24, 2.45) is 23.2 Å². The summed E-state index contributed by atoms with van der Waals surface area (Å²) >= 11 is 0. The first-order valence-electron chi connectivity index (χ1n) is 12.2. The smallest absolute Gasteiger partial charge is 0.230 e. The number of amides is 1. The van der Waals surface area contributed by atoms with Gasteiger partial charge >= 0.3 is 0 Å². The van der Waals surface area contributed by atoms with Gasteiger partial charge in [0.1, 0.15) is 0 Å². The SMILES string of the molecule is CC1=C(CO)[C@@H](O)[C@@H]2/C=C\C[C@H](C)C[C@@](C)(O)/C=C\[C@@H](O)[C@]23C(=O)N[C@@H](Cc2ccccc2)[C@H]13. The van der Waals surface area contributed by atoms with E-state index >= 15 is 0 Å². The highest BCUT2D eigenvalue weighted by Crippen LogP contribution is 2.56. The van der Waals surface area contributed by atoms with Crippen molar-refractivity contribution < 1.29 is 25.2 Å². The van der Waals surface area contributed by atoms with Crippen molar-refractivity contribution in [1.82, 2.24) is 5.32 Å². The van der Waals surface area contributed by atoms with E-state index in [1.807, 2.05) is 56.3 Å². The molecule has 8 atom stereocenters. The van der Waals surface area contributed by atoms with Gasteiger partial charge in [0, 0.05) is 17.9 Å². The van der Waals surface area contributed by atoms with Gasteiger partial charge in [0.25, 0.3) is 0 Å². The molecule has 4 rings (SSSR count). The fourth-order valence-electron chi connectivity index (χ4n) is 6.59. The van der Waals surface area contributed by atoms with Crippen molar-refractivity contribution in [3.8, 4) is 0 Å². The minimum atomic E-state index is -1.36. The van der Waals surface area contributed by atoms with Crippen LogP contribution in [-0.4, -0.2) is 56.8 Å². The Balaban J connectivity index is 1.89. The fraction of sp³-hybridized carbons (Fsp3) is 0.536. The van der Waals surface area contributed by atoms with Crippen LogP contribution in [0.25, 0.3) is 0 Å². The van der Waals surface area contributed by atoms with Crippen LogP contribution in [0.3, 0.4) is 0 Å². The third-order valence-corrected chi connectivity index (χ3v) is 8.09. The lowest BCUT2D eigenvalue weighted by Crippen LogP contribution is -2.57. The van der Waals surface area contributed by atoms with Crippen molar-refractivity contribution in [2.45, 2.75) is 63.9 Å². The number of hydrogen-bond donors (Lipinski definition) is 5. The molecule has 6 nitrogen and oxygen atoms in total. The van der Waals surface area contributed by atoms with Gasteiger partial charge in [-0.25, -0.2) is 0 Å². The maximum Gasteiger partial charge on any atom is 0.230 e. The van der Waals surface area contributed by atoms with Crippen LogP contribution in [0.15, 0.2) is 65.8 Å². The monoisotopic (exact) mass is 467 g/mol. The Morgan fingerprint density at radius 1 is 1.15 bits per heavy atom. The molecule has 2 aliphatic carbocycles. The number of nitrogens with one attached hydrogen (secondary N) is 1. The van der Waals surface area contributed by atoms with E-state index in [2.05, 4.69) is 5.32 Å². The highest BCUT2D eigenvalue weighted by atomic mass is 16.3. The molecule has 1 aliphatic heterocycles. The molecule has 184 valence electrons. The first-order valence-corrected chi connectivity index (χ1v) is 12.2. The summed E-state index contributed by atoms with van der Waals surface area (Å²) in [4.78, 5) is 13.8. The number of hydrogen-bond acceptors (Lipinski definition) is 5. The number of allylic oxidation sites excluding steroid dienone is 1. The van der Waals surface area contributed by atoms with Crippen LogP contribution in [0.2, 0.25) is 0 Å². The largest absolute Gasteiger partial charge is 0.392 e. The Morgan fingerprint density at radius 3 is 2.53 bits per heavy atom. The third kappa shape index (κ3) is 4.17. The molecule has 5 N–H and O–H groups in total. The molecule has 0 radical (unpaired) electrons. The zero-order chi connectivity index (χ0) is 24.7. The summed E-state index contributed by atoms with van der Waals surface area (Å²) in [7, 11) is 0. The van der Waals surface area contributed by atoms with Crippen LogP contribution in [0.4, 0.5) is 0 Å². The molecule has 1 aromatic carbocycles. The Kier molecular flexibility index (Phi) is 6.89. The Morgan fingerprint density at radius 2 is 1.85 bits per heavy atom. The lowest BCUT2D eigenvalue weighted by atomic mass is 9.54. The predicted molar refractivity (Wildman–Crippen MR) is 131 cm³/mol. The van der Waals surface area contributed by atoms with Gasteiger partial charge in [0.2, 0.25) is 5.91 Å². The summed E-state index contributed by atoms with van der Waals surface area (Å²) in [6, 6.07) is 9.54. The van der Waals surface area contributed by atoms with Gasteiger partial charge in [-0.15, -0.1) is 0 Å². The van der Waals surface area contributed by atoms with Gasteiger partial charge in [-0.3, -0.25) is 4.79 Å². The fourth-order valence-corrected chi connectivity index (χ4v) is 6.59. The van der Waals surface area contributed by atoms with Crippen LogP contribution in [0.5, 0.6) is 0 Å². The van der Waals surface area contributed by atoms with Crippen molar-refractivity contribution in [3.05, 3.63) is 71.3 Å². The standard InChI is InChI=1S/C28H37NO5/c1-17-8-7-11-21-25(32)20(16-30)18(2)24-22(14-19-9-5-4-6-10-19)29-26(33)28(21,24)23(31)12-13-27(3,34)15-17/h4-7,9-13,17,21-25,30-32,34H,8,14-16H2,1-3H3,(H,29,33)/b11-7-,13-12-/t17-,21-,22-,23+,24-,25+,27-,28+/m0/s1. The molecular weight excluding hydrogens is 430 g/mol. The van der Waals surface area contributed by atoms with Crippen molar-refractivity contribution in [3.63, 3.8) is 0 Å². The van der Waals surface area contributed by atoms with Gasteiger partial charge in [-0.2, -0.15) is 0 Å². The summed E-state index contributed by atoms with van der Waals surface area (Å²) in [5.74, 6) is -1.31.